The zero-order valence-electron chi connectivity index (χ0n) is 17.0. The number of hydrogen-bond acceptors (Lipinski definition) is 9. The number of sulfonamides is 1. The predicted octanol–water partition coefficient (Wildman–Crippen LogP) is -1.44. The number of rotatable bonds is 5. The maximum atomic E-state index is 14.6. The average molecular weight is 453 g/mol. The Morgan fingerprint density at radius 1 is 1.31 bits per heavy atom. The second-order valence-corrected chi connectivity index (χ2v) is 9.14. The third-order valence-electron chi connectivity index (χ3n) is 4.30. The van der Waals surface area contributed by atoms with Crippen molar-refractivity contribution in [2.75, 3.05) is 18.1 Å². The molecule has 0 fully saturated rings. The fourth-order valence-electron chi connectivity index (χ4n) is 2.81. The van der Waals surface area contributed by atoms with E-state index < -0.39 is 38.3 Å². The number of anilines is 1. The molecule has 2 aromatic heterocycles. The molecule has 160 valence electrons. The van der Waals surface area contributed by atoms with Crippen LogP contribution in [0.2, 0.25) is 0 Å². The molecule has 3 rings (SSSR count). The average Bonchev–Trinajstić information content (AvgIpc) is 2.66. The van der Waals surface area contributed by atoms with Crippen molar-refractivity contribution in [1.82, 2.24) is 19.3 Å². The van der Waals surface area contributed by atoms with Gasteiger partial charge in [-0.25, -0.2) is 37.1 Å². The number of aliphatic imine (C=N–C) groups is 1. The molecule has 1 aliphatic heterocycles. The zero-order chi connectivity index (χ0) is 23.9. The lowest BCUT2D eigenvalue weighted by atomic mass is 9.52. The van der Waals surface area contributed by atoms with Crippen LogP contribution in [0, 0.1) is 5.82 Å². The molecule has 0 saturated carbocycles. The van der Waals surface area contributed by atoms with Gasteiger partial charge < -0.3 is 15.8 Å². The number of carbonyl (C=O) groups excluding carboxylic acids is 1. The van der Waals surface area contributed by atoms with E-state index in [2.05, 4.69) is 25.3 Å². The van der Waals surface area contributed by atoms with Gasteiger partial charge in [-0.3, -0.25) is 4.79 Å². The van der Waals surface area contributed by atoms with Gasteiger partial charge in [-0.05, 0) is 24.4 Å². The van der Waals surface area contributed by atoms with E-state index in [0.717, 1.165) is 22.8 Å². The van der Waals surface area contributed by atoms with Crippen molar-refractivity contribution >= 4 is 51.2 Å². The summed E-state index contributed by atoms with van der Waals surface area (Å²) in [7, 11) is 13.3. The molecule has 1 aliphatic rings. The van der Waals surface area contributed by atoms with Crippen molar-refractivity contribution in [3.8, 4) is 5.88 Å². The lowest BCUT2D eigenvalue weighted by Crippen LogP contribution is -2.50. The van der Waals surface area contributed by atoms with E-state index in [1.165, 1.54) is 20.0 Å². The normalized spacial score (nSPS) is 20.3. The molecule has 0 unspecified atom stereocenters. The van der Waals surface area contributed by atoms with Crippen molar-refractivity contribution in [2.45, 2.75) is 17.8 Å². The van der Waals surface area contributed by atoms with Crippen LogP contribution in [0.15, 0.2) is 29.5 Å². The number of amides is 1. The Kier molecular flexibility index (Phi) is 5.93. The first kappa shape index (κ1) is 23.5. The quantitative estimate of drug-likeness (QED) is 0.523. The van der Waals surface area contributed by atoms with Gasteiger partial charge in [0.25, 0.3) is 5.91 Å². The third kappa shape index (κ3) is 5.01. The summed E-state index contributed by atoms with van der Waals surface area (Å²) in [6.07, 6.45) is 2.14. The SMILES string of the molecule is [B]C([B])([B])Oc1cnc(C(=O)Nc2ccc(F)c([C@]3(C)CS(=O)(=O)N(C)C(N)=N3)n2)cn1. The van der Waals surface area contributed by atoms with E-state index in [9.17, 15) is 17.6 Å². The minimum Gasteiger partial charge on any atom is -0.500 e. The predicted molar refractivity (Wildman–Crippen MR) is 115 cm³/mol. The molecule has 0 aliphatic carbocycles. The summed E-state index contributed by atoms with van der Waals surface area (Å²) in [6, 6.07) is 2.21. The highest BCUT2D eigenvalue weighted by molar-refractivity contribution is 7.89. The smallest absolute Gasteiger partial charge is 0.277 e. The van der Waals surface area contributed by atoms with Crippen LogP contribution in [0.4, 0.5) is 10.2 Å². The standard InChI is InChI=1S/C16H15B3FN7O4S/c1-15(7-32(29,30)27(2)14(21)26-15)12-8(20)3-4-10(24-12)25-13(28)9-5-23-11(6-22-9)31-16(17,18)19/h3-6H,7H2,1-2H3,(H2,21,26)(H,24,25,28)/t15-/m0/s1. The van der Waals surface area contributed by atoms with Crippen LogP contribution >= 0.6 is 0 Å². The summed E-state index contributed by atoms with van der Waals surface area (Å²) >= 11 is 0. The molecule has 1 amide bonds. The topological polar surface area (TPSA) is 153 Å². The van der Waals surface area contributed by atoms with Crippen molar-refractivity contribution < 1.29 is 22.3 Å². The molecule has 0 saturated heterocycles. The third-order valence-corrected chi connectivity index (χ3v) is 6.25. The second-order valence-electron chi connectivity index (χ2n) is 7.14. The number of carbonyl (C=O) groups is 1. The van der Waals surface area contributed by atoms with Gasteiger partial charge in [-0.1, -0.05) is 0 Å². The van der Waals surface area contributed by atoms with E-state index in [1.54, 1.807) is 0 Å². The van der Waals surface area contributed by atoms with Crippen LogP contribution in [0.5, 0.6) is 5.88 Å². The number of aromatic nitrogens is 3. The summed E-state index contributed by atoms with van der Waals surface area (Å²) in [5.74, 6) is -2.65. The molecule has 3 N–H and O–H groups in total. The maximum Gasteiger partial charge on any atom is 0.277 e. The van der Waals surface area contributed by atoms with Crippen molar-refractivity contribution in [3.05, 3.63) is 41.7 Å². The number of pyridine rings is 1. The molecule has 2 aromatic rings. The summed E-state index contributed by atoms with van der Waals surface area (Å²) in [4.78, 5) is 28.3. The Morgan fingerprint density at radius 2 is 2.00 bits per heavy atom. The first-order valence-corrected chi connectivity index (χ1v) is 10.5. The van der Waals surface area contributed by atoms with E-state index in [0.29, 0.717) is 0 Å². The molecule has 1 atom stereocenters. The molecule has 16 heteroatoms. The molecule has 3 heterocycles. The molecular weight excluding hydrogens is 438 g/mol. The Balaban J connectivity index is 1.86. The largest absolute Gasteiger partial charge is 0.500 e. The molecule has 6 radical (unpaired) electrons. The van der Waals surface area contributed by atoms with Crippen LogP contribution in [-0.4, -0.2) is 81.2 Å². The van der Waals surface area contributed by atoms with Gasteiger partial charge in [0, 0.05) is 7.05 Å². The number of hydrogen-bond donors (Lipinski definition) is 2. The lowest BCUT2D eigenvalue weighted by Gasteiger charge is -2.33. The van der Waals surface area contributed by atoms with E-state index in [1.807, 2.05) is 0 Å². The van der Waals surface area contributed by atoms with Crippen LogP contribution < -0.4 is 15.8 Å². The number of ether oxygens (including phenoxy) is 1. The van der Waals surface area contributed by atoms with E-state index in [4.69, 9.17) is 34.0 Å². The van der Waals surface area contributed by atoms with Gasteiger partial charge in [-0.15, -0.1) is 0 Å². The Morgan fingerprint density at radius 3 is 2.56 bits per heavy atom. The van der Waals surface area contributed by atoms with E-state index >= 15 is 0 Å². The van der Waals surface area contributed by atoms with Crippen LogP contribution in [0.3, 0.4) is 0 Å². The van der Waals surface area contributed by atoms with Crippen molar-refractivity contribution in [2.24, 2.45) is 10.7 Å². The molecule has 0 aromatic carbocycles. The Labute approximate surface area is 187 Å². The first-order valence-electron chi connectivity index (χ1n) is 8.88. The van der Waals surface area contributed by atoms with Gasteiger partial charge in [0.05, 0.1) is 12.4 Å². The number of nitrogens with one attached hydrogen (secondary N) is 1. The summed E-state index contributed by atoms with van der Waals surface area (Å²) < 4.78 is 44.9. The van der Waals surface area contributed by atoms with Gasteiger partial charge in [-0.2, -0.15) is 0 Å². The van der Waals surface area contributed by atoms with E-state index in [-0.39, 0.29) is 29.0 Å². The van der Waals surface area contributed by atoms with Crippen molar-refractivity contribution in [3.63, 3.8) is 0 Å². The highest BCUT2D eigenvalue weighted by atomic mass is 32.2. The zero-order valence-corrected chi connectivity index (χ0v) is 17.8. The number of nitrogens with zero attached hydrogens (tertiary/aromatic N) is 5. The molecule has 32 heavy (non-hydrogen) atoms. The summed E-state index contributed by atoms with van der Waals surface area (Å²) in [5, 5.41) is 0.441. The molecule has 0 spiro atoms. The van der Waals surface area contributed by atoms with Crippen molar-refractivity contribution in [1.29, 1.82) is 0 Å². The minimum absolute atomic E-state index is 0.0789. The Bertz CT molecular complexity index is 1190. The summed E-state index contributed by atoms with van der Waals surface area (Å²) in [6.45, 7) is 1.37. The fraction of sp³-hybridized carbons (Fsp3) is 0.312. The van der Waals surface area contributed by atoms with Gasteiger partial charge in [0.1, 0.15) is 57.9 Å². The molecular formula is C16H15B3FN7O4S. The number of guanidine groups is 1. The second kappa shape index (κ2) is 8.08. The number of nitrogens with two attached hydrogens (primary N) is 1. The van der Waals surface area contributed by atoms with Crippen LogP contribution in [0.25, 0.3) is 0 Å². The monoisotopic (exact) mass is 453 g/mol. The minimum atomic E-state index is -3.85. The highest BCUT2D eigenvalue weighted by Gasteiger charge is 2.43. The lowest BCUT2D eigenvalue weighted by molar-refractivity contribution is 0.102. The summed E-state index contributed by atoms with van der Waals surface area (Å²) in [5.41, 5.74) is 3.63. The Hall–Kier alpha value is -3.16. The van der Waals surface area contributed by atoms with Gasteiger partial charge in [0.2, 0.25) is 21.9 Å². The van der Waals surface area contributed by atoms with Crippen LogP contribution in [-0.2, 0) is 15.6 Å². The maximum absolute atomic E-state index is 14.6. The molecule has 11 nitrogen and oxygen atoms in total. The first-order chi connectivity index (χ1) is 14.7. The van der Waals surface area contributed by atoms with Gasteiger partial charge >= 0.3 is 0 Å². The highest BCUT2D eigenvalue weighted by Crippen LogP contribution is 2.32. The van der Waals surface area contributed by atoms with Crippen LogP contribution in [0.1, 0.15) is 23.1 Å². The fourth-order valence-corrected chi connectivity index (χ4v) is 4.24. The number of halogens is 1. The molecule has 0 bridgehead atoms. The van der Waals surface area contributed by atoms with Gasteiger partial charge in [0.15, 0.2) is 0 Å².